The van der Waals surface area contributed by atoms with E-state index in [1.807, 2.05) is 83.2 Å². The molecule has 1 atom stereocenters. The third-order valence-corrected chi connectivity index (χ3v) is 7.11. The molecule has 2 aromatic carbocycles. The Balaban J connectivity index is 1.38. The van der Waals surface area contributed by atoms with Crippen molar-refractivity contribution in [1.82, 2.24) is 14.3 Å². The van der Waals surface area contributed by atoms with Crippen molar-refractivity contribution in [3.63, 3.8) is 0 Å². The molecule has 0 radical (unpaired) electrons. The highest BCUT2D eigenvalue weighted by molar-refractivity contribution is 6.30. The van der Waals surface area contributed by atoms with Crippen LogP contribution in [0.1, 0.15) is 30.5 Å². The highest BCUT2D eigenvalue weighted by Crippen LogP contribution is 2.36. The van der Waals surface area contributed by atoms with Crippen LogP contribution in [0.4, 0.5) is 5.69 Å². The summed E-state index contributed by atoms with van der Waals surface area (Å²) in [6, 6.07) is 19.6. The Kier molecular flexibility index (Phi) is 7.51. The minimum absolute atomic E-state index is 0.102. The normalized spacial score (nSPS) is 14.6. The summed E-state index contributed by atoms with van der Waals surface area (Å²) in [5, 5.41) is 0.611. The molecule has 0 N–H and O–H groups in total. The molecule has 0 bridgehead atoms. The Morgan fingerprint density at radius 3 is 2.49 bits per heavy atom. The number of hydrogen-bond donors (Lipinski definition) is 0. The quantitative estimate of drug-likeness (QED) is 0.318. The summed E-state index contributed by atoms with van der Waals surface area (Å²) in [7, 11) is 1.66. The van der Waals surface area contributed by atoms with Gasteiger partial charge in [-0.3, -0.25) is 4.79 Å². The molecule has 0 saturated carbocycles. The molecular weight excluding hydrogens is 488 g/mol. The van der Waals surface area contributed by atoms with Gasteiger partial charge in [-0.05, 0) is 37.3 Å². The van der Waals surface area contributed by atoms with Crippen molar-refractivity contribution in [3.8, 4) is 11.5 Å². The molecule has 0 spiro atoms. The first kappa shape index (κ1) is 25.0. The minimum Gasteiger partial charge on any atom is -0.496 e. The summed E-state index contributed by atoms with van der Waals surface area (Å²) in [6.07, 6.45) is 3.98. The number of pyridine rings is 1. The number of carbonyl (C=O) groups is 1. The van der Waals surface area contributed by atoms with Crippen LogP contribution in [-0.4, -0.2) is 60.1 Å². The standard InChI is InChI=1S/C29H31ClN4O3/c1-3-37-27-11-7-5-9-24(27)32-14-16-33(17-15-32)29(35)18-23(22-8-4-6-10-26(22)36-2)25-19-31-28-13-12-21(30)20-34(25)28/h4-13,19-20,23H,3,14-18H2,1-2H3. The van der Waals surface area contributed by atoms with Crippen LogP contribution >= 0.6 is 11.6 Å². The molecule has 1 aliphatic heterocycles. The molecule has 1 fully saturated rings. The zero-order valence-corrected chi connectivity index (χ0v) is 21.9. The van der Waals surface area contributed by atoms with Crippen LogP contribution in [-0.2, 0) is 4.79 Å². The summed E-state index contributed by atoms with van der Waals surface area (Å²) < 4.78 is 13.5. The third kappa shape index (κ3) is 5.23. The van der Waals surface area contributed by atoms with Crippen LogP contribution in [0.5, 0.6) is 11.5 Å². The maximum Gasteiger partial charge on any atom is 0.223 e. The fourth-order valence-electron chi connectivity index (χ4n) is 5.06. The van der Waals surface area contributed by atoms with Crippen molar-refractivity contribution in [3.05, 3.63) is 89.3 Å². The monoisotopic (exact) mass is 518 g/mol. The van der Waals surface area contributed by atoms with Gasteiger partial charge in [-0.2, -0.15) is 0 Å². The number of ether oxygens (including phenoxy) is 2. The second-order valence-electron chi connectivity index (χ2n) is 9.03. The van der Waals surface area contributed by atoms with Gasteiger partial charge < -0.3 is 23.7 Å². The number of methoxy groups -OCH3 is 1. The summed E-state index contributed by atoms with van der Waals surface area (Å²) in [6.45, 7) is 5.41. The Hall–Kier alpha value is -3.71. The number of hydrogen-bond acceptors (Lipinski definition) is 5. The molecule has 192 valence electrons. The first-order valence-electron chi connectivity index (χ1n) is 12.6. The van der Waals surface area contributed by atoms with E-state index in [2.05, 4.69) is 16.0 Å². The Morgan fingerprint density at radius 1 is 1.00 bits per heavy atom. The predicted octanol–water partition coefficient (Wildman–Crippen LogP) is 5.27. The highest BCUT2D eigenvalue weighted by atomic mass is 35.5. The van der Waals surface area contributed by atoms with E-state index >= 15 is 0 Å². The highest BCUT2D eigenvalue weighted by Gasteiger charge is 2.29. The lowest BCUT2D eigenvalue weighted by atomic mass is 9.91. The zero-order valence-electron chi connectivity index (χ0n) is 21.1. The summed E-state index contributed by atoms with van der Waals surface area (Å²) in [4.78, 5) is 22.5. The SMILES string of the molecule is CCOc1ccccc1N1CCN(C(=O)CC(c2ccccc2OC)c2cnc3ccc(Cl)cn23)CC1. The van der Waals surface area contributed by atoms with Crippen molar-refractivity contribution in [2.75, 3.05) is 44.8 Å². The topological polar surface area (TPSA) is 59.3 Å². The number of aromatic nitrogens is 2. The maximum atomic E-state index is 13.7. The Morgan fingerprint density at radius 2 is 1.73 bits per heavy atom. The number of benzene rings is 2. The predicted molar refractivity (Wildman–Crippen MR) is 146 cm³/mol. The van der Waals surface area contributed by atoms with Crippen molar-refractivity contribution < 1.29 is 14.3 Å². The average Bonchev–Trinajstić information content (AvgIpc) is 3.35. The van der Waals surface area contributed by atoms with Crippen molar-refractivity contribution in [2.45, 2.75) is 19.3 Å². The molecule has 3 heterocycles. The van der Waals surface area contributed by atoms with Gasteiger partial charge in [-0.15, -0.1) is 0 Å². The second-order valence-corrected chi connectivity index (χ2v) is 9.46. The Labute approximate surface area is 222 Å². The van der Waals surface area contributed by atoms with E-state index < -0.39 is 0 Å². The fourth-order valence-corrected chi connectivity index (χ4v) is 5.22. The third-order valence-electron chi connectivity index (χ3n) is 6.89. The number of nitrogens with zero attached hydrogens (tertiary/aromatic N) is 4. The van der Waals surface area contributed by atoms with E-state index in [9.17, 15) is 4.79 Å². The van der Waals surface area contributed by atoms with Gasteiger partial charge in [0.05, 0.1) is 30.1 Å². The molecule has 1 saturated heterocycles. The van der Waals surface area contributed by atoms with E-state index in [1.54, 1.807) is 7.11 Å². The number of carbonyl (C=O) groups excluding carboxylic acids is 1. The number of rotatable bonds is 8. The molecule has 1 amide bonds. The van der Waals surface area contributed by atoms with Crippen molar-refractivity contribution in [2.24, 2.45) is 0 Å². The molecule has 1 aliphatic rings. The fraction of sp³-hybridized carbons (Fsp3) is 0.310. The van der Waals surface area contributed by atoms with Crippen LogP contribution in [0.25, 0.3) is 5.65 Å². The van der Waals surface area contributed by atoms with Crippen LogP contribution in [0.3, 0.4) is 0 Å². The number of amides is 1. The number of para-hydroxylation sites is 3. The first-order valence-corrected chi connectivity index (χ1v) is 13.0. The van der Waals surface area contributed by atoms with E-state index in [-0.39, 0.29) is 11.8 Å². The number of imidazole rings is 1. The average molecular weight is 519 g/mol. The molecule has 7 nitrogen and oxygen atoms in total. The summed E-state index contributed by atoms with van der Waals surface area (Å²) in [5.41, 5.74) is 3.71. The molecule has 5 rings (SSSR count). The molecule has 37 heavy (non-hydrogen) atoms. The van der Waals surface area contributed by atoms with E-state index in [0.29, 0.717) is 31.1 Å². The number of piperazine rings is 1. The molecule has 0 aliphatic carbocycles. The number of halogens is 1. The van der Waals surface area contributed by atoms with E-state index in [4.69, 9.17) is 21.1 Å². The van der Waals surface area contributed by atoms with Gasteiger partial charge >= 0.3 is 0 Å². The minimum atomic E-state index is -0.242. The largest absolute Gasteiger partial charge is 0.496 e. The zero-order chi connectivity index (χ0) is 25.8. The number of anilines is 1. The van der Waals surface area contributed by atoms with E-state index in [1.165, 1.54) is 0 Å². The van der Waals surface area contributed by atoms with Crippen LogP contribution in [0.2, 0.25) is 5.02 Å². The molecule has 8 heteroatoms. The van der Waals surface area contributed by atoms with Crippen LogP contribution in [0, 0.1) is 0 Å². The van der Waals surface area contributed by atoms with Gasteiger partial charge in [0.1, 0.15) is 17.1 Å². The number of fused-ring (bicyclic) bond motifs is 1. The lowest BCUT2D eigenvalue weighted by molar-refractivity contribution is -0.131. The maximum absolute atomic E-state index is 13.7. The second kappa shape index (κ2) is 11.1. The van der Waals surface area contributed by atoms with Gasteiger partial charge in [0, 0.05) is 56.5 Å². The summed E-state index contributed by atoms with van der Waals surface area (Å²) in [5.74, 6) is 1.49. The lowest BCUT2D eigenvalue weighted by Crippen LogP contribution is -2.49. The van der Waals surface area contributed by atoms with Gasteiger partial charge in [-0.1, -0.05) is 41.9 Å². The van der Waals surface area contributed by atoms with Crippen LogP contribution in [0.15, 0.2) is 73.1 Å². The molecule has 2 aromatic heterocycles. The van der Waals surface area contributed by atoms with Crippen molar-refractivity contribution in [1.29, 1.82) is 0 Å². The molecule has 4 aromatic rings. The lowest BCUT2D eigenvalue weighted by Gasteiger charge is -2.37. The smallest absolute Gasteiger partial charge is 0.223 e. The van der Waals surface area contributed by atoms with Crippen molar-refractivity contribution >= 4 is 28.8 Å². The molecule has 1 unspecified atom stereocenters. The Bertz CT molecular complexity index is 1380. The first-order chi connectivity index (χ1) is 18.1. The van der Waals surface area contributed by atoms with Gasteiger partial charge in [0.25, 0.3) is 0 Å². The van der Waals surface area contributed by atoms with Crippen LogP contribution < -0.4 is 14.4 Å². The van der Waals surface area contributed by atoms with Gasteiger partial charge in [-0.25, -0.2) is 4.98 Å². The van der Waals surface area contributed by atoms with E-state index in [0.717, 1.165) is 47.2 Å². The van der Waals surface area contributed by atoms with Gasteiger partial charge in [0.15, 0.2) is 0 Å². The summed E-state index contributed by atoms with van der Waals surface area (Å²) >= 11 is 6.32. The van der Waals surface area contributed by atoms with Gasteiger partial charge in [0.2, 0.25) is 5.91 Å². The molecular formula is C29H31ClN4O3.